The number of rotatable bonds is 7. The van der Waals surface area contributed by atoms with Gasteiger partial charge in [0.1, 0.15) is 23.0 Å². The summed E-state index contributed by atoms with van der Waals surface area (Å²) >= 11 is 12.0. The Morgan fingerprint density at radius 2 is 1.97 bits per heavy atom. The molecule has 3 N–H and O–H groups in total. The number of aromatic amines is 1. The van der Waals surface area contributed by atoms with Gasteiger partial charge in [-0.05, 0) is 42.5 Å². The van der Waals surface area contributed by atoms with Crippen LogP contribution in [0.25, 0.3) is 22.4 Å². The van der Waals surface area contributed by atoms with Crippen molar-refractivity contribution in [3.63, 3.8) is 0 Å². The van der Waals surface area contributed by atoms with E-state index >= 15 is 0 Å². The van der Waals surface area contributed by atoms with E-state index in [4.69, 9.17) is 32.7 Å². The Balaban J connectivity index is 1.37. The molecule has 1 saturated heterocycles. The van der Waals surface area contributed by atoms with Gasteiger partial charge in [-0.2, -0.15) is 10.1 Å². The summed E-state index contributed by atoms with van der Waals surface area (Å²) in [5, 5.41) is 11.1. The van der Waals surface area contributed by atoms with E-state index in [1.54, 1.807) is 30.5 Å². The summed E-state index contributed by atoms with van der Waals surface area (Å²) < 4.78 is 39.7. The Hall–Kier alpha value is -2.96. The van der Waals surface area contributed by atoms with Crippen LogP contribution in [0.4, 0.5) is 5.69 Å². The van der Waals surface area contributed by atoms with Crippen LogP contribution in [0.5, 0.6) is 5.88 Å². The monoisotopic (exact) mass is 534 g/mol. The predicted octanol–water partition coefficient (Wildman–Crippen LogP) is 3.49. The SMILES string of the molecule is O=S(=O)(Nc1ccc(-c2nc(OCC3CNCCO3)c3cn[nH]c3n2)cc1)c1cc(Cl)ccc1Cl. The second-order valence-corrected chi connectivity index (χ2v) is 10.2. The number of aromatic nitrogens is 4. The van der Waals surface area contributed by atoms with Gasteiger partial charge in [-0.25, -0.2) is 13.4 Å². The van der Waals surface area contributed by atoms with E-state index < -0.39 is 10.0 Å². The average Bonchev–Trinajstić information content (AvgIpc) is 3.34. The zero-order chi connectivity index (χ0) is 24.4. The van der Waals surface area contributed by atoms with Gasteiger partial charge in [0.15, 0.2) is 11.5 Å². The standard InChI is InChI=1S/C22H20Cl2N6O4S/c23-14-3-6-18(24)19(9-14)35(31,32)30-15-4-1-13(2-5-15)20-27-21-17(11-26-29-21)22(28-20)34-12-16-10-25-7-8-33-16/h1-6,9,11,16,25,30H,7-8,10,12H2,(H,26,27,28,29). The highest BCUT2D eigenvalue weighted by Crippen LogP contribution is 2.29. The number of H-pyrrole nitrogens is 1. The molecule has 5 rings (SSSR count). The van der Waals surface area contributed by atoms with Gasteiger partial charge < -0.3 is 14.8 Å². The van der Waals surface area contributed by atoms with Crippen LogP contribution in [0.2, 0.25) is 10.0 Å². The van der Waals surface area contributed by atoms with Gasteiger partial charge in [-0.1, -0.05) is 23.2 Å². The Morgan fingerprint density at radius 3 is 2.74 bits per heavy atom. The van der Waals surface area contributed by atoms with Gasteiger partial charge in [0, 0.05) is 29.4 Å². The van der Waals surface area contributed by atoms with Crippen molar-refractivity contribution in [3.05, 3.63) is 58.7 Å². The van der Waals surface area contributed by atoms with Crippen LogP contribution in [-0.2, 0) is 14.8 Å². The molecule has 0 bridgehead atoms. The number of hydrogen-bond acceptors (Lipinski definition) is 8. The maximum atomic E-state index is 12.8. The fourth-order valence-electron chi connectivity index (χ4n) is 3.53. The number of ether oxygens (including phenoxy) is 2. The molecule has 2 aromatic carbocycles. The number of anilines is 1. The van der Waals surface area contributed by atoms with E-state index in [9.17, 15) is 8.42 Å². The minimum atomic E-state index is -3.94. The van der Waals surface area contributed by atoms with Crippen LogP contribution in [0.1, 0.15) is 0 Å². The van der Waals surface area contributed by atoms with Gasteiger partial charge >= 0.3 is 0 Å². The lowest BCUT2D eigenvalue weighted by atomic mass is 10.2. The first kappa shape index (κ1) is 23.8. The number of nitrogens with one attached hydrogen (secondary N) is 3. The highest BCUT2D eigenvalue weighted by molar-refractivity contribution is 7.92. The first-order valence-electron chi connectivity index (χ1n) is 10.6. The summed E-state index contributed by atoms with van der Waals surface area (Å²) in [6, 6.07) is 10.9. The summed E-state index contributed by atoms with van der Waals surface area (Å²) in [7, 11) is -3.94. The lowest BCUT2D eigenvalue weighted by Crippen LogP contribution is -2.41. The van der Waals surface area contributed by atoms with Gasteiger partial charge in [-0.15, -0.1) is 0 Å². The van der Waals surface area contributed by atoms with E-state index in [1.807, 2.05) is 0 Å². The van der Waals surface area contributed by atoms with Crippen molar-refractivity contribution in [1.82, 2.24) is 25.5 Å². The molecule has 1 atom stereocenters. The third kappa shape index (κ3) is 5.34. The molecule has 13 heteroatoms. The highest BCUT2D eigenvalue weighted by Gasteiger charge is 2.20. The number of halogens is 2. The molecule has 0 aliphatic carbocycles. The second-order valence-electron chi connectivity index (χ2n) is 7.75. The minimum absolute atomic E-state index is 0.0710. The molecule has 10 nitrogen and oxygen atoms in total. The molecule has 2 aromatic heterocycles. The molecule has 35 heavy (non-hydrogen) atoms. The topological polar surface area (TPSA) is 131 Å². The predicted molar refractivity (Wildman–Crippen MR) is 132 cm³/mol. The summed E-state index contributed by atoms with van der Waals surface area (Å²) in [4.78, 5) is 8.96. The first-order valence-corrected chi connectivity index (χ1v) is 12.9. The fraction of sp³-hybridized carbons (Fsp3) is 0.227. The van der Waals surface area contributed by atoms with Crippen LogP contribution in [-0.4, -0.2) is 61.0 Å². The Labute approximate surface area is 211 Å². The van der Waals surface area contributed by atoms with Crippen molar-refractivity contribution < 1.29 is 17.9 Å². The van der Waals surface area contributed by atoms with Crippen LogP contribution >= 0.6 is 23.2 Å². The fourth-order valence-corrected chi connectivity index (χ4v) is 5.35. The molecule has 182 valence electrons. The Kier molecular flexibility index (Phi) is 6.76. The van der Waals surface area contributed by atoms with Crippen molar-refractivity contribution in [2.24, 2.45) is 0 Å². The van der Waals surface area contributed by atoms with Crippen LogP contribution in [0, 0.1) is 0 Å². The van der Waals surface area contributed by atoms with E-state index in [1.165, 1.54) is 18.2 Å². The number of morpholine rings is 1. The molecule has 1 fully saturated rings. The molecule has 1 unspecified atom stereocenters. The van der Waals surface area contributed by atoms with Crippen LogP contribution < -0.4 is 14.8 Å². The molecule has 3 heterocycles. The first-order chi connectivity index (χ1) is 16.9. The lowest BCUT2D eigenvalue weighted by Gasteiger charge is -2.23. The Morgan fingerprint density at radius 1 is 1.14 bits per heavy atom. The van der Waals surface area contributed by atoms with E-state index in [-0.39, 0.29) is 21.0 Å². The van der Waals surface area contributed by atoms with Crippen molar-refractivity contribution in [3.8, 4) is 17.3 Å². The zero-order valence-electron chi connectivity index (χ0n) is 18.2. The minimum Gasteiger partial charge on any atom is -0.474 e. The zero-order valence-corrected chi connectivity index (χ0v) is 20.5. The average molecular weight is 535 g/mol. The van der Waals surface area contributed by atoms with Crippen molar-refractivity contribution >= 4 is 49.9 Å². The molecular formula is C22H20Cl2N6O4S. The summed E-state index contributed by atoms with van der Waals surface area (Å²) in [6.45, 7) is 2.48. The van der Waals surface area contributed by atoms with Crippen molar-refractivity contribution in [2.45, 2.75) is 11.0 Å². The molecule has 0 radical (unpaired) electrons. The number of benzene rings is 2. The molecular weight excluding hydrogens is 515 g/mol. The number of nitrogens with zero attached hydrogens (tertiary/aromatic N) is 3. The van der Waals surface area contributed by atoms with Crippen molar-refractivity contribution in [2.75, 3.05) is 31.0 Å². The highest BCUT2D eigenvalue weighted by atomic mass is 35.5. The molecule has 0 amide bonds. The summed E-state index contributed by atoms with van der Waals surface area (Å²) in [5.74, 6) is 0.778. The van der Waals surface area contributed by atoms with Crippen LogP contribution in [0.3, 0.4) is 0 Å². The number of sulfonamides is 1. The molecule has 1 aliphatic heterocycles. The van der Waals surface area contributed by atoms with E-state index in [0.717, 1.165) is 6.54 Å². The summed E-state index contributed by atoms with van der Waals surface area (Å²) in [5.41, 5.74) is 1.52. The quantitative estimate of drug-likeness (QED) is 0.328. The normalized spacial score (nSPS) is 16.3. The van der Waals surface area contributed by atoms with Gasteiger partial charge in [-0.3, -0.25) is 9.82 Å². The lowest BCUT2D eigenvalue weighted by molar-refractivity contribution is -0.000382. The molecule has 0 saturated carbocycles. The van der Waals surface area contributed by atoms with Crippen LogP contribution in [0.15, 0.2) is 53.6 Å². The van der Waals surface area contributed by atoms with Gasteiger partial charge in [0.2, 0.25) is 5.88 Å². The summed E-state index contributed by atoms with van der Waals surface area (Å²) in [6.07, 6.45) is 1.53. The maximum Gasteiger partial charge on any atom is 0.263 e. The third-order valence-corrected chi connectivity index (χ3v) is 7.36. The maximum absolute atomic E-state index is 12.8. The Bertz CT molecular complexity index is 1460. The number of fused-ring (bicyclic) bond motifs is 1. The third-order valence-electron chi connectivity index (χ3n) is 5.26. The molecule has 0 spiro atoms. The molecule has 1 aliphatic rings. The van der Waals surface area contributed by atoms with Gasteiger partial charge in [0.25, 0.3) is 10.0 Å². The van der Waals surface area contributed by atoms with Crippen molar-refractivity contribution in [1.29, 1.82) is 0 Å². The van der Waals surface area contributed by atoms with E-state index in [2.05, 4.69) is 30.2 Å². The largest absolute Gasteiger partial charge is 0.474 e. The van der Waals surface area contributed by atoms with Gasteiger partial charge in [0.05, 0.1) is 17.8 Å². The second kappa shape index (κ2) is 9.96. The smallest absolute Gasteiger partial charge is 0.263 e. The number of hydrogen-bond donors (Lipinski definition) is 3. The van der Waals surface area contributed by atoms with E-state index in [0.29, 0.717) is 53.7 Å². The molecule has 4 aromatic rings.